The fraction of sp³-hybridized carbons (Fsp3) is 0.589. The Kier molecular flexibility index (Phi) is 50.3. The molecular weight excluding hydrogens is 1910 g/mol. The van der Waals surface area contributed by atoms with Crippen molar-refractivity contribution in [2.45, 2.75) is 339 Å². The van der Waals surface area contributed by atoms with E-state index >= 15 is 0 Å². The monoisotopic (exact) mass is 2080 g/mol. The molecule has 8 amide bonds. The van der Waals surface area contributed by atoms with Crippen LogP contribution in [0, 0.1) is 41.4 Å². The molecule has 4 aromatic carbocycles. The van der Waals surface area contributed by atoms with Gasteiger partial charge in [-0.2, -0.15) is 0 Å². The standard InChI is InChI=1S/C56H80N4O12Si.C36H54O5Si.C20H28N4O8/c1-6-7-9-20-42(72-52(65)29-27-50(62)58-31-15-13-22-47-55(68)59-46(54(67)60-47)21-12-14-30-57-49(61)26-28-51(63)64)24-25-43-41(35-56(2,3)73(4,5)69)32-40-34-45-39(33-44(40)43)19-16-23-48(45)70-37-53(66)71-36-38-17-10-8-11-18-38;1-7-8-10-17-29(37)19-20-30-31-21-27-16-13-18-33(39-25-35(38)40-24-26-14-11-9-12-15-26)32(27)22-28(31)23-34(30)41-42(5,6)36(2,3)4;25-15(7-9-17(27)28)21-11-3-1-5-13-19(31)24-14(20(32)23-13)6-2-4-12-22-16(26)8-10-18(29)30/h8,10-11,16-19,23,26-29,40-44,46-47,69H,6-7,9,12-15,20-22,24-25,30-37H2,1-5H3,(H,57,61)(H,58,62)(H,59,68)(H,60,67)(H,63,64);9,11-16,18,28-31,34,37H,7-8,10,17,19-25H2,1-6H3;7-10,13-14H,1-6,11-12H2,(H,21,25)(H,22,26)(H,23,32)(H,24,31)(H,27,28)(H,29,30)/b28-26+,29-27+;;9-7+,10-8+/t40-,41+,42+,43+,44+,46?,47?;28-,29-,30+,31-,34+;/m10./s1. The molecule has 35 heteroatoms. The topological polar surface area (TPSA) is 492 Å². The number of aliphatic hydroxyl groups is 1. The van der Waals surface area contributed by atoms with Crippen LogP contribution >= 0.6 is 0 Å². The first kappa shape index (κ1) is 121. The zero-order valence-corrected chi connectivity index (χ0v) is 89.9. The maximum absolute atomic E-state index is 13.3. The van der Waals surface area contributed by atoms with E-state index in [4.69, 9.17) is 43.4 Å². The van der Waals surface area contributed by atoms with Gasteiger partial charge in [-0.1, -0.05) is 165 Å². The van der Waals surface area contributed by atoms with Crippen molar-refractivity contribution in [3.63, 3.8) is 0 Å². The highest BCUT2D eigenvalue weighted by Crippen LogP contribution is 2.57. The number of carbonyl (C=O) groups is 14. The molecule has 2 saturated heterocycles. The predicted octanol–water partition coefficient (Wildman–Crippen LogP) is 14.3. The molecule has 0 spiro atoms. The lowest BCUT2D eigenvalue weighted by Gasteiger charge is -2.40. The molecule has 147 heavy (non-hydrogen) atoms. The van der Waals surface area contributed by atoms with Gasteiger partial charge < -0.3 is 95.9 Å². The minimum atomic E-state index is -2.52. The normalized spacial score (nSPS) is 21.0. The Morgan fingerprint density at radius 1 is 0.435 bits per heavy atom. The van der Waals surface area contributed by atoms with Crippen molar-refractivity contribution in [3.05, 3.63) is 179 Å². The second-order valence-corrected chi connectivity index (χ2v) is 51.8. The summed E-state index contributed by atoms with van der Waals surface area (Å²) in [5.74, 6) is -3.55. The average Bonchev–Trinajstić information content (AvgIpc) is 1.62. The van der Waals surface area contributed by atoms with E-state index in [9.17, 15) is 77.0 Å². The van der Waals surface area contributed by atoms with Crippen LogP contribution in [0.5, 0.6) is 11.5 Å². The summed E-state index contributed by atoms with van der Waals surface area (Å²) in [7, 11) is -4.46. The zero-order chi connectivity index (χ0) is 107. The van der Waals surface area contributed by atoms with E-state index < -0.39 is 94.3 Å². The Labute approximate surface area is 868 Å². The highest BCUT2D eigenvalue weighted by atomic mass is 28.4. The zero-order valence-electron chi connectivity index (χ0n) is 87.9. The molecule has 33 nitrogen and oxygen atoms in total. The van der Waals surface area contributed by atoms with Crippen LogP contribution < -0.4 is 52.0 Å². The van der Waals surface area contributed by atoms with Crippen molar-refractivity contribution >= 4 is 99.7 Å². The fourth-order valence-corrected chi connectivity index (χ4v) is 22.2. The number of carboxylic acid groups (broad SMARTS) is 3. The van der Waals surface area contributed by atoms with Crippen molar-refractivity contribution in [1.82, 2.24) is 42.5 Å². The number of nitrogens with one attached hydrogen (secondary N) is 8. The number of benzene rings is 4. The molecule has 2 saturated carbocycles. The van der Waals surface area contributed by atoms with Crippen LogP contribution in [-0.4, -0.2) is 207 Å². The molecule has 808 valence electrons. The third-order valence-electron chi connectivity index (χ3n) is 29.8. The van der Waals surface area contributed by atoms with Gasteiger partial charge in [0.05, 0.1) is 6.10 Å². The van der Waals surface area contributed by atoms with E-state index in [-0.39, 0.29) is 84.4 Å². The molecule has 0 aromatic heterocycles. The highest BCUT2D eigenvalue weighted by molar-refractivity contribution is 6.74. The number of piperazine rings is 2. The van der Waals surface area contributed by atoms with Crippen LogP contribution in [0.3, 0.4) is 0 Å². The number of aliphatic hydroxyl groups excluding tert-OH is 1. The lowest BCUT2D eigenvalue weighted by atomic mass is 9.72. The quantitative estimate of drug-likeness (QED) is 0.00642. The van der Waals surface area contributed by atoms with Crippen molar-refractivity contribution in [1.29, 1.82) is 0 Å². The van der Waals surface area contributed by atoms with Gasteiger partial charge in [0.2, 0.25) is 47.3 Å². The summed E-state index contributed by atoms with van der Waals surface area (Å²) in [6.45, 7) is 25.9. The molecule has 4 aromatic rings. The van der Waals surface area contributed by atoms with Gasteiger partial charge in [0.15, 0.2) is 29.8 Å². The number of fused-ring (bicyclic) bond motifs is 4. The largest absolute Gasteiger partial charge is 0.482 e. The van der Waals surface area contributed by atoms with Crippen LogP contribution in [0.4, 0.5) is 0 Å². The maximum atomic E-state index is 13.3. The third kappa shape index (κ3) is 42.1. The average molecular weight is 2080 g/mol. The lowest BCUT2D eigenvalue weighted by molar-refractivity contribution is -0.148. The van der Waals surface area contributed by atoms with E-state index in [0.717, 1.165) is 167 Å². The molecule has 0 radical (unpaired) electrons. The number of rotatable bonds is 58. The van der Waals surface area contributed by atoms with Crippen molar-refractivity contribution in [3.8, 4) is 11.5 Å². The summed E-state index contributed by atoms with van der Waals surface area (Å²) in [6.07, 6.45) is 31.3. The van der Waals surface area contributed by atoms with E-state index in [0.29, 0.717) is 151 Å². The number of hydrogen-bond acceptors (Lipinski definition) is 22. The molecule has 0 bridgehead atoms. The Hall–Kier alpha value is -11.7. The maximum Gasteiger partial charge on any atom is 0.344 e. The van der Waals surface area contributed by atoms with Gasteiger partial charge in [-0.05, 0) is 290 Å². The van der Waals surface area contributed by atoms with Gasteiger partial charge in [0, 0.05) is 80.9 Å². The summed E-state index contributed by atoms with van der Waals surface area (Å²) < 4.78 is 36.4. The summed E-state index contributed by atoms with van der Waals surface area (Å²) in [6, 6.07) is 29.0. The number of amides is 8. The second kappa shape index (κ2) is 61.3. The van der Waals surface area contributed by atoms with E-state index in [1.165, 1.54) is 41.7 Å². The predicted molar refractivity (Wildman–Crippen MR) is 563 cm³/mol. The molecule has 13 N–H and O–H groups in total. The SMILES string of the molecule is CCCCC[C@@H](CC[C@H]1[C@H](CC(C)(C)[Si](C)(C)O)C[C@@H]2Cc3c(cccc3OCC(=O)OCc3ccccc3)C[C@@H]21)OC(=O)/C=C/C(=O)NCCCCC1NC(=O)C(CCCCNC(=O)/C=C/C(=O)O)NC1=O.CCCCC[C@H](O)CC[C@@H]1[C@H]2Cc3cccc(OCC(=O)OCc4ccccc4)c3C[C@H]2C[C@H]1O[Si](C)(C)C(C)(C)C.O=C(O)/C=C/C(=O)NCCCCC1NC(=O)C(CCCCNC(=O)/C=C/C(=O)O)NC1=O. The Bertz CT molecular complexity index is 5030. The van der Waals surface area contributed by atoms with Crippen LogP contribution in [-0.2, 0) is 125 Å². The van der Waals surface area contributed by atoms with Crippen LogP contribution in [0.2, 0.25) is 36.3 Å². The van der Waals surface area contributed by atoms with Gasteiger partial charge >= 0.3 is 35.8 Å². The van der Waals surface area contributed by atoms with Crippen LogP contribution in [0.25, 0.3) is 0 Å². The van der Waals surface area contributed by atoms with Crippen LogP contribution in [0.1, 0.15) is 255 Å². The molecule has 6 aliphatic rings. The summed E-state index contributed by atoms with van der Waals surface area (Å²) in [4.78, 5) is 178. The van der Waals surface area contributed by atoms with Crippen LogP contribution in [0.15, 0.2) is 146 Å². The molecule has 2 aliphatic heterocycles. The number of esters is 3. The minimum absolute atomic E-state index is 0.0902. The number of aliphatic carboxylic acids is 3. The van der Waals surface area contributed by atoms with Gasteiger partial charge in [-0.15, -0.1) is 0 Å². The molecule has 4 fully saturated rings. The fourth-order valence-electron chi connectivity index (χ4n) is 20.1. The second-order valence-electron chi connectivity index (χ2n) is 42.5. The lowest BCUT2D eigenvalue weighted by Crippen LogP contribution is -2.61. The van der Waals surface area contributed by atoms with E-state index in [2.05, 4.69) is 122 Å². The number of carboxylic acids is 3. The third-order valence-corrected chi connectivity index (χ3v) is 37.8. The number of carbonyl (C=O) groups excluding carboxylic acids is 11. The first-order valence-corrected chi connectivity index (χ1v) is 58.7. The van der Waals surface area contributed by atoms with E-state index in [1.54, 1.807) is 0 Å². The van der Waals surface area contributed by atoms with E-state index in [1.807, 2.05) is 92.0 Å². The molecule has 4 aliphatic carbocycles. The first-order chi connectivity index (χ1) is 70.0. The molecule has 4 unspecified atom stereocenters. The highest BCUT2D eigenvalue weighted by Gasteiger charge is 2.52. The molecular formula is C112H162N8O25Si2. The Balaban J connectivity index is 0.000000299. The smallest absolute Gasteiger partial charge is 0.344 e. The molecule has 14 atom stereocenters. The van der Waals surface area contributed by atoms with Gasteiger partial charge in [0.25, 0.3) is 0 Å². The minimum Gasteiger partial charge on any atom is -0.482 e. The summed E-state index contributed by atoms with van der Waals surface area (Å²) >= 11 is 0. The Morgan fingerprint density at radius 3 is 1.20 bits per heavy atom. The number of hydrogen-bond donors (Lipinski definition) is 13. The number of unbranched alkanes of at least 4 members (excludes halogenated alkanes) is 8. The first-order valence-electron chi connectivity index (χ1n) is 52.9. The van der Waals surface area contributed by atoms with Crippen molar-refractivity contribution < 1.29 is 120 Å². The summed E-state index contributed by atoms with van der Waals surface area (Å²) in [5, 5.41) is 57.5. The van der Waals surface area contributed by atoms with Crippen molar-refractivity contribution in [2.75, 3.05) is 39.4 Å². The van der Waals surface area contributed by atoms with Crippen molar-refractivity contribution in [2.24, 2.45) is 41.4 Å². The Morgan fingerprint density at radius 2 is 0.816 bits per heavy atom. The molecule has 2 heterocycles. The van der Waals surface area contributed by atoms with Gasteiger partial charge in [-0.3, -0.25) is 38.4 Å². The molecule has 10 rings (SSSR count). The van der Waals surface area contributed by atoms with Gasteiger partial charge in [0.1, 0.15) is 55.0 Å². The summed E-state index contributed by atoms with van der Waals surface area (Å²) in [5.41, 5.74) is 6.83. The van der Waals surface area contributed by atoms with Gasteiger partial charge in [-0.25, -0.2) is 28.8 Å². The number of ether oxygens (including phenoxy) is 5.